The molecule has 1 amide bonds. The van der Waals surface area contributed by atoms with Crippen LogP contribution in [0.2, 0.25) is 10.0 Å². The Labute approximate surface area is 136 Å². The number of nitrogens with zero attached hydrogens (tertiary/aromatic N) is 1. The lowest BCUT2D eigenvalue weighted by atomic mass is 9.97. The molecule has 1 aliphatic rings. The molecule has 1 saturated heterocycles. The van der Waals surface area contributed by atoms with Crippen molar-refractivity contribution < 1.29 is 4.79 Å². The first kappa shape index (κ1) is 16.6. The molecular formula is C16H22Cl2N2O. The predicted molar refractivity (Wildman–Crippen MR) is 88.2 cm³/mol. The molecular weight excluding hydrogens is 307 g/mol. The average Bonchev–Trinajstić information content (AvgIpc) is 2.45. The molecule has 0 aromatic heterocycles. The van der Waals surface area contributed by atoms with Crippen molar-refractivity contribution in [2.75, 3.05) is 19.6 Å². The van der Waals surface area contributed by atoms with Gasteiger partial charge in [-0.1, -0.05) is 37.0 Å². The van der Waals surface area contributed by atoms with Crippen LogP contribution in [0, 0.1) is 5.92 Å². The van der Waals surface area contributed by atoms with Crippen LogP contribution < -0.4 is 5.32 Å². The van der Waals surface area contributed by atoms with Gasteiger partial charge in [-0.05, 0) is 43.5 Å². The lowest BCUT2D eigenvalue weighted by Crippen LogP contribution is -2.43. The number of carbonyl (C=O) groups is 1. The largest absolute Gasteiger partial charge is 0.338 e. The zero-order valence-electron chi connectivity index (χ0n) is 12.5. The summed E-state index contributed by atoms with van der Waals surface area (Å²) in [5.74, 6) is 0.516. The van der Waals surface area contributed by atoms with Crippen molar-refractivity contribution in [3.63, 3.8) is 0 Å². The Hall–Kier alpha value is -0.770. The van der Waals surface area contributed by atoms with Crippen LogP contribution in [0.3, 0.4) is 0 Å². The van der Waals surface area contributed by atoms with E-state index < -0.39 is 0 Å². The summed E-state index contributed by atoms with van der Waals surface area (Å²) < 4.78 is 0. The van der Waals surface area contributed by atoms with Gasteiger partial charge in [0.05, 0.1) is 10.6 Å². The van der Waals surface area contributed by atoms with Crippen LogP contribution in [0.4, 0.5) is 0 Å². The van der Waals surface area contributed by atoms with E-state index in [1.807, 2.05) is 4.90 Å². The Balaban J connectivity index is 2.01. The SMILES string of the molecule is CC(C)NCC1CCCN(C(=O)c2ccc(Cl)cc2Cl)C1. The summed E-state index contributed by atoms with van der Waals surface area (Å²) in [6.45, 7) is 6.82. The summed E-state index contributed by atoms with van der Waals surface area (Å²) in [5.41, 5.74) is 0.540. The lowest BCUT2D eigenvalue weighted by Gasteiger charge is -2.33. The molecule has 1 aliphatic heterocycles. The summed E-state index contributed by atoms with van der Waals surface area (Å²) in [6, 6.07) is 5.52. The summed E-state index contributed by atoms with van der Waals surface area (Å²) in [4.78, 5) is 14.5. The molecule has 0 aliphatic carbocycles. The molecule has 1 atom stereocenters. The fourth-order valence-corrected chi connectivity index (χ4v) is 3.14. The van der Waals surface area contributed by atoms with E-state index in [-0.39, 0.29) is 5.91 Å². The van der Waals surface area contributed by atoms with Gasteiger partial charge in [0, 0.05) is 24.2 Å². The van der Waals surface area contributed by atoms with Crippen molar-refractivity contribution in [1.29, 1.82) is 0 Å². The van der Waals surface area contributed by atoms with Crippen molar-refractivity contribution in [3.8, 4) is 0 Å². The molecule has 21 heavy (non-hydrogen) atoms. The minimum absolute atomic E-state index is 0.00548. The highest BCUT2D eigenvalue weighted by molar-refractivity contribution is 6.36. The van der Waals surface area contributed by atoms with Crippen LogP contribution in [-0.4, -0.2) is 36.5 Å². The number of likely N-dealkylation sites (tertiary alicyclic amines) is 1. The van der Waals surface area contributed by atoms with Crippen LogP contribution >= 0.6 is 23.2 Å². The maximum Gasteiger partial charge on any atom is 0.255 e. The molecule has 0 bridgehead atoms. The van der Waals surface area contributed by atoms with Gasteiger partial charge >= 0.3 is 0 Å². The zero-order valence-corrected chi connectivity index (χ0v) is 14.0. The van der Waals surface area contributed by atoms with Crippen LogP contribution in [0.1, 0.15) is 37.0 Å². The smallest absolute Gasteiger partial charge is 0.255 e. The standard InChI is InChI=1S/C16H22Cl2N2O/c1-11(2)19-9-12-4-3-7-20(10-12)16(21)14-6-5-13(17)8-15(14)18/h5-6,8,11-12,19H,3-4,7,9-10H2,1-2H3. The Bertz CT molecular complexity index is 505. The first-order chi connectivity index (χ1) is 9.97. The van der Waals surface area contributed by atoms with E-state index in [1.165, 1.54) is 0 Å². The first-order valence-corrected chi connectivity index (χ1v) is 8.20. The molecule has 0 saturated carbocycles. The molecule has 1 aromatic rings. The number of hydrogen-bond acceptors (Lipinski definition) is 2. The maximum atomic E-state index is 12.6. The van der Waals surface area contributed by atoms with Gasteiger partial charge in [0.25, 0.3) is 5.91 Å². The Morgan fingerprint density at radius 1 is 1.43 bits per heavy atom. The van der Waals surface area contributed by atoms with Gasteiger partial charge in [0.15, 0.2) is 0 Å². The molecule has 1 fully saturated rings. The normalized spacial score (nSPS) is 19.1. The maximum absolute atomic E-state index is 12.6. The van der Waals surface area contributed by atoms with Crippen molar-refractivity contribution in [2.24, 2.45) is 5.92 Å². The topological polar surface area (TPSA) is 32.3 Å². The number of nitrogens with one attached hydrogen (secondary N) is 1. The molecule has 0 radical (unpaired) electrons. The van der Waals surface area contributed by atoms with Gasteiger partial charge < -0.3 is 10.2 Å². The summed E-state index contributed by atoms with van der Waals surface area (Å²) in [5, 5.41) is 4.43. The number of benzene rings is 1. The van der Waals surface area contributed by atoms with Crippen LogP contribution in [0.15, 0.2) is 18.2 Å². The molecule has 1 heterocycles. The fourth-order valence-electron chi connectivity index (χ4n) is 2.65. The van der Waals surface area contributed by atoms with Gasteiger partial charge in [-0.15, -0.1) is 0 Å². The molecule has 5 heteroatoms. The minimum Gasteiger partial charge on any atom is -0.338 e. The third-order valence-corrected chi connectivity index (χ3v) is 4.33. The van der Waals surface area contributed by atoms with Crippen molar-refractivity contribution in [2.45, 2.75) is 32.7 Å². The van der Waals surface area contributed by atoms with E-state index in [1.54, 1.807) is 18.2 Å². The third kappa shape index (κ3) is 4.60. The van der Waals surface area contributed by atoms with Gasteiger partial charge in [-0.3, -0.25) is 4.79 Å². The van der Waals surface area contributed by atoms with E-state index in [0.29, 0.717) is 27.6 Å². The summed E-state index contributed by atoms with van der Waals surface area (Å²) >= 11 is 12.0. The molecule has 1 aromatic carbocycles. The summed E-state index contributed by atoms with van der Waals surface area (Å²) in [7, 11) is 0. The third-order valence-electron chi connectivity index (χ3n) is 3.78. The van der Waals surface area contributed by atoms with Gasteiger partial charge in [0.1, 0.15) is 0 Å². The number of piperidine rings is 1. The summed E-state index contributed by atoms with van der Waals surface area (Å²) in [6.07, 6.45) is 2.21. The lowest BCUT2D eigenvalue weighted by molar-refractivity contribution is 0.0672. The average molecular weight is 329 g/mol. The number of rotatable bonds is 4. The molecule has 0 spiro atoms. The molecule has 2 rings (SSSR count). The van der Waals surface area contributed by atoms with Crippen molar-refractivity contribution >= 4 is 29.1 Å². The number of hydrogen-bond donors (Lipinski definition) is 1. The van der Waals surface area contributed by atoms with Gasteiger partial charge in [0.2, 0.25) is 0 Å². The van der Waals surface area contributed by atoms with Crippen LogP contribution in [-0.2, 0) is 0 Å². The second-order valence-electron chi connectivity index (χ2n) is 5.95. The fraction of sp³-hybridized carbons (Fsp3) is 0.562. The zero-order chi connectivity index (χ0) is 15.4. The van der Waals surface area contributed by atoms with Crippen molar-refractivity contribution in [1.82, 2.24) is 10.2 Å². The van der Waals surface area contributed by atoms with E-state index in [4.69, 9.17) is 23.2 Å². The second-order valence-corrected chi connectivity index (χ2v) is 6.79. The Kier molecular flexibility index (Phi) is 5.91. The molecule has 1 unspecified atom stereocenters. The minimum atomic E-state index is 0.00548. The number of halogens is 2. The monoisotopic (exact) mass is 328 g/mol. The van der Waals surface area contributed by atoms with Crippen molar-refractivity contribution in [3.05, 3.63) is 33.8 Å². The molecule has 1 N–H and O–H groups in total. The molecule has 116 valence electrons. The highest BCUT2D eigenvalue weighted by atomic mass is 35.5. The Morgan fingerprint density at radius 2 is 2.19 bits per heavy atom. The second kappa shape index (κ2) is 7.48. The number of carbonyl (C=O) groups excluding carboxylic acids is 1. The van der Waals surface area contributed by atoms with E-state index in [2.05, 4.69) is 19.2 Å². The van der Waals surface area contributed by atoms with Crippen LogP contribution in [0.5, 0.6) is 0 Å². The van der Waals surface area contributed by atoms with Crippen LogP contribution in [0.25, 0.3) is 0 Å². The van der Waals surface area contributed by atoms with E-state index >= 15 is 0 Å². The van der Waals surface area contributed by atoms with E-state index in [0.717, 1.165) is 32.5 Å². The number of amides is 1. The van der Waals surface area contributed by atoms with Gasteiger partial charge in [-0.25, -0.2) is 0 Å². The quantitative estimate of drug-likeness (QED) is 0.910. The predicted octanol–water partition coefficient (Wildman–Crippen LogP) is 3.84. The first-order valence-electron chi connectivity index (χ1n) is 7.45. The van der Waals surface area contributed by atoms with Gasteiger partial charge in [-0.2, -0.15) is 0 Å². The Morgan fingerprint density at radius 3 is 2.86 bits per heavy atom. The highest BCUT2D eigenvalue weighted by Gasteiger charge is 2.25. The highest BCUT2D eigenvalue weighted by Crippen LogP contribution is 2.24. The van der Waals surface area contributed by atoms with E-state index in [9.17, 15) is 4.79 Å². The molecule has 3 nitrogen and oxygen atoms in total.